The Morgan fingerprint density at radius 2 is 1.88 bits per heavy atom. The second kappa shape index (κ2) is 5.45. The molecule has 3 nitrogen and oxygen atoms in total. The lowest BCUT2D eigenvalue weighted by atomic mass is 10.2. The summed E-state index contributed by atoms with van der Waals surface area (Å²) >= 11 is 0. The van der Waals surface area contributed by atoms with Gasteiger partial charge in [0.05, 0.1) is 4.90 Å². The molecule has 0 atom stereocenters. The minimum atomic E-state index is -3.48. The number of ketones is 1. The van der Waals surface area contributed by atoms with Crippen LogP contribution in [0.4, 0.5) is 0 Å². The van der Waals surface area contributed by atoms with Gasteiger partial charge in [-0.1, -0.05) is 24.6 Å². The lowest BCUT2D eigenvalue weighted by molar-refractivity contribution is -0.116. The predicted molar refractivity (Wildman–Crippen MR) is 67.9 cm³/mol. The zero-order valence-electron chi connectivity index (χ0n) is 10.5. The van der Waals surface area contributed by atoms with Gasteiger partial charge in [-0.2, -0.15) is 0 Å². The standard InChI is InChI=1S/C13H18O3S/c1-4-5-12(14)9-17(15,16)13-7-6-10(2)8-11(13)3/h6-8H,4-5,9H2,1-3H3. The molecule has 0 N–H and O–H groups in total. The molecule has 0 heterocycles. The van der Waals surface area contributed by atoms with Gasteiger partial charge in [-0.05, 0) is 31.9 Å². The van der Waals surface area contributed by atoms with Crippen LogP contribution in [0.5, 0.6) is 0 Å². The maximum absolute atomic E-state index is 12.0. The molecule has 0 aromatic heterocycles. The first kappa shape index (κ1) is 13.9. The number of carbonyl (C=O) groups excluding carboxylic acids is 1. The Balaban J connectivity index is 3.01. The molecular weight excluding hydrogens is 236 g/mol. The third-order valence-corrected chi connectivity index (χ3v) is 4.38. The van der Waals surface area contributed by atoms with Gasteiger partial charge in [-0.25, -0.2) is 8.42 Å². The van der Waals surface area contributed by atoms with Crippen LogP contribution >= 0.6 is 0 Å². The van der Waals surface area contributed by atoms with Gasteiger partial charge >= 0.3 is 0 Å². The second-order valence-corrected chi connectivity index (χ2v) is 6.27. The van der Waals surface area contributed by atoms with Crippen molar-refractivity contribution in [3.8, 4) is 0 Å². The summed E-state index contributed by atoms with van der Waals surface area (Å²) in [6.07, 6.45) is 1.01. The summed E-state index contributed by atoms with van der Waals surface area (Å²) in [6.45, 7) is 5.53. The summed E-state index contributed by atoms with van der Waals surface area (Å²) in [6, 6.07) is 5.15. The molecule has 17 heavy (non-hydrogen) atoms. The van der Waals surface area contributed by atoms with Crippen LogP contribution in [0, 0.1) is 13.8 Å². The molecule has 0 saturated carbocycles. The normalized spacial score (nSPS) is 11.5. The summed E-state index contributed by atoms with van der Waals surface area (Å²) in [4.78, 5) is 11.7. The van der Waals surface area contributed by atoms with E-state index in [2.05, 4.69) is 0 Å². The van der Waals surface area contributed by atoms with Crippen molar-refractivity contribution >= 4 is 15.6 Å². The van der Waals surface area contributed by atoms with Gasteiger partial charge < -0.3 is 0 Å². The molecule has 1 aromatic carbocycles. The number of hydrogen-bond acceptors (Lipinski definition) is 3. The molecule has 1 aromatic rings. The fourth-order valence-electron chi connectivity index (χ4n) is 1.79. The fraction of sp³-hybridized carbons (Fsp3) is 0.462. The Morgan fingerprint density at radius 1 is 1.24 bits per heavy atom. The van der Waals surface area contributed by atoms with Gasteiger partial charge in [0.15, 0.2) is 9.84 Å². The highest BCUT2D eigenvalue weighted by Gasteiger charge is 2.20. The average Bonchev–Trinajstić information content (AvgIpc) is 2.15. The van der Waals surface area contributed by atoms with Crippen LogP contribution in [0.25, 0.3) is 0 Å². The van der Waals surface area contributed by atoms with E-state index in [0.717, 1.165) is 5.56 Å². The first-order valence-electron chi connectivity index (χ1n) is 5.68. The maximum atomic E-state index is 12.0. The molecule has 0 aliphatic heterocycles. The zero-order chi connectivity index (χ0) is 13.1. The highest BCUT2D eigenvalue weighted by atomic mass is 32.2. The summed E-state index contributed by atoms with van der Waals surface area (Å²) < 4.78 is 24.1. The third kappa shape index (κ3) is 3.66. The first-order chi connectivity index (χ1) is 7.86. The average molecular weight is 254 g/mol. The van der Waals surface area contributed by atoms with E-state index in [1.807, 2.05) is 19.9 Å². The molecule has 0 aliphatic rings. The van der Waals surface area contributed by atoms with Crippen LogP contribution < -0.4 is 0 Å². The largest absolute Gasteiger partial charge is 0.299 e. The Kier molecular flexibility index (Phi) is 4.46. The van der Waals surface area contributed by atoms with Gasteiger partial charge in [0.1, 0.15) is 11.5 Å². The van der Waals surface area contributed by atoms with Crippen molar-refractivity contribution in [2.45, 2.75) is 38.5 Å². The molecule has 94 valence electrons. The van der Waals surface area contributed by atoms with Crippen molar-refractivity contribution in [3.05, 3.63) is 29.3 Å². The quantitative estimate of drug-likeness (QED) is 0.811. The van der Waals surface area contributed by atoms with Crippen LogP contribution in [0.15, 0.2) is 23.1 Å². The number of sulfone groups is 1. The molecule has 0 radical (unpaired) electrons. The Morgan fingerprint density at radius 3 is 2.41 bits per heavy atom. The van der Waals surface area contributed by atoms with Crippen molar-refractivity contribution < 1.29 is 13.2 Å². The number of aryl methyl sites for hydroxylation is 2. The van der Waals surface area contributed by atoms with Gasteiger partial charge in [-0.3, -0.25) is 4.79 Å². The number of hydrogen-bond donors (Lipinski definition) is 0. The Labute approximate surface area is 103 Å². The van der Waals surface area contributed by atoms with E-state index in [-0.39, 0.29) is 16.4 Å². The topological polar surface area (TPSA) is 51.2 Å². The molecule has 0 unspecified atom stereocenters. The van der Waals surface area contributed by atoms with Crippen molar-refractivity contribution in [1.82, 2.24) is 0 Å². The molecule has 0 amide bonds. The number of Topliss-reactive ketones (excluding diaryl/α,β-unsaturated/α-hetero) is 1. The fourth-order valence-corrected chi connectivity index (χ4v) is 3.34. The summed E-state index contributed by atoms with van der Waals surface area (Å²) in [5, 5.41) is 0. The van der Waals surface area contributed by atoms with Crippen LogP contribution in [0.1, 0.15) is 30.9 Å². The molecule has 4 heteroatoms. The van der Waals surface area contributed by atoms with Gasteiger partial charge in [0, 0.05) is 6.42 Å². The van der Waals surface area contributed by atoms with Crippen LogP contribution in [-0.4, -0.2) is 20.0 Å². The number of carbonyl (C=O) groups is 1. The molecule has 0 bridgehead atoms. The minimum Gasteiger partial charge on any atom is -0.299 e. The van der Waals surface area contributed by atoms with Crippen molar-refractivity contribution in [1.29, 1.82) is 0 Å². The van der Waals surface area contributed by atoms with E-state index in [1.54, 1.807) is 19.1 Å². The summed E-state index contributed by atoms with van der Waals surface area (Å²) in [5.74, 6) is -0.599. The summed E-state index contributed by atoms with van der Waals surface area (Å²) in [5.41, 5.74) is 1.72. The van der Waals surface area contributed by atoms with Crippen molar-refractivity contribution in [2.75, 3.05) is 5.75 Å². The number of benzene rings is 1. The molecular formula is C13H18O3S. The lowest BCUT2D eigenvalue weighted by Gasteiger charge is -2.07. The van der Waals surface area contributed by atoms with Crippen LogP contribution in [0.3, 0.4) is 0 Å². The third-order valence-electron chi connectivity index (χ3n) is 2.55. The molecule has 0 saturated heterocycles. The van der Waals surface area contributed by atoms with E-state index >= 15 is 0 Å². The Bertz CT molecular complexity index is 515. The highest BCUT2D eigenvalue weighted by Crippen LogP contribution is 2.18. The lowest BCUT2D eigenvalue weighted by Crippen LogP contribution is -2.16. The molecule has 1 rings (SSSR count). The van der Waals surface area contributed by atoms with E-state index in [4.69, 9.17) is 0 Å². The summed E-state index contributed by atoms with van der Waals surface area (Å²) in [7, 11) is -3.48. The van der Waals surface area contributed by atoms with E-state index in [1.165, 1.54) is 0 Å². The van der Waals surface area contributed by atoms with Crippen molar-refractivity contribution in [3.63, 3.8) is 0 Å². The van der Waals surface area contributed by atoms with Gasteiger partial charge in [0.2, 0.25) is 0 Å². The molecule has 0 spiro atoms. The second-order valence-electron chi connectivity index (χ2n) is 4.32. The van der Waals surface area contributed by atoms with Crippen LogP contribution in [-0.2, 0) is 14.6 Å². The van der Waals surface area contributed by atoms with Crippen molar-refractivity contribution in [2.24, 2.45) is 0 Å². The van der Waals surface area contributed by atoms with Crippen LogP contribution in [0.2, 0.25) is 0 Å². The smallest absolute Gasteiger partial charge is 0.185 e. The molecule has 0 fully saturated rings. The predicted octanol–water partition coefficient (Wildman–Crippen LogP) is 2.45. The Hall–Kier alpha value is -1.16. The van der Waals surface area contributed by atoms with Gasteiger partial charge in [-0.15, -0.1) is 0 Å². The highest BCUT2D eigenvalue weighted by molar-refractivity contribution is 7.92. The monoisotopic (exact) mass is 254 g/mol. The molecule has 0 aliphatic carbocycles. The van der Waals surface area contributed by atoms with E-state index in [9.17, 15) is 13.2 Å². The first-order valence-corrected chi connectivity index (χ1v) is 7.33. The van der Waals surface area contributed by atoms with E-state index < -0.39 is 9.84 Å². The van der Waals surface area contributed by atoms with E-state index in [0.29, 0.717) is 18.4 Å². The zero-order valence-corrected chi connectivity index (χ0v) is 11.3. The minimum absolute atomic E-state index is 0.215. The van der Waals surface area contributed by atoms with Gasteiger partial charge in [0.25, 0.3) is 0 Å². The SMILES string of the molecule is CCCC(=O)CS(=O)(=O)c1ccc(C)cc1C. The number of rotatable bonds is 5. The maximum Gasteiger partial charge on any atom is 0.185 e.